The molecule has 0 aliphatic carbocycles. The number of hydrogen-bond donors (Lipinski definition) is 2. The molecule has 0 atom stereocenters. The van der Waals surface area contributed by atoms with Crippen molar-refractivity contribution in [2.75, 3.05) is 44.6 Å². The fourth-order valence-electron chi connectivity index (χ4n) is 3.81. The quantitative estimate of drug-likeness (QED) is 0.287. The summed E-state index contributed by atoms with van der Waals surface area (Å²) in [5, 5.41) is 6.45. The van der Waals surface area contributed by atoms with Crippen LogP contribution in [0.4, 0.5) is 23.7 Å². The highest BCUT2D eigenvalue weighted by molar-refractivity contribution is 6.42. The lowest BCUT2D eigenvalue weighted by Gasteiger charge is -2.34. The Bertz CT molecular complexity index is 1090. The third-order valence-corrected chi connectivity index (χ3v) is 6.68. The third-order valence-electron chi connectivity index (χ3n) is 5.95. The van der Waals surface area contributed by atoms with Crippen LogP contribution in [0.15, 0.2) is 48.5 Å². The van der Waals surface area contributed by atoms with Crippen molar-refractivity contribution < 1.29 is 22.8 Å². The van der Waals surface area contributed by atoms with Crippen LogP contribution in [0.1, 0.15) is 30.4 Å². The number of alkyl halides is 3. The van der Waals surface area contributed by atoms with E-state index < -0.39 is 11.7 Å². The average molecular weight is 557 g/mol. The molecule has 1 aliphatic rings. The molecule has 0 spiro atoms. The predicted octanol–water partition coefficient (Wildman–Crippen LogP) is 6.16. The van der Waals surface area contributed by atoms with Crippen LogP contribution in [0, 0.1) is 0 Å². The van der Waals surface area contributed by atoms with Gasteiger partial charge in [0, 0.05) is 44.5 Å². The van der Waals surface area contributed by atoms with Gasteiger partial charge in [-0.2, -0.15) is 13.2 Å². The number of amides is 3. The van der Waals surface area contributed by atoms with Gasteiger partial charge in [0.15, 0.2) is 0 Å². The summed E-state index contributed by atoms with van der Waals surface area (Å²) in [5.74, 6) is -0.282. The summed E-state index contributed by atoms with van der Waals surface area (Å²) in [5.41, 5.74) is 0.403. The first kappa shape index (κ1) is 28.8. The van der Waals surface area contributed by atoms with Crippen molar-refractivity contribution in [1.82, 2.24) is 15.1 Å². The molecule has 37 heavy (non-hydrogen) atoms. The number of piperazine rings is 1. The van der Waals surface area contributed by atoms with Gasteiger partial charge in [-0.25, -0.2) is 4.79 Å². The number of benzene rings is 2. The van der Waals surface area contributed by atoms with E-state index in [1.165, 1.54) is 24.3 Å². The maximum absolute atomic E-state index is 12.6. The fraction of sp³-hybridized carbons (Fsp3) is 0.385. The van der Waals surface area contributed by atoms with E-state index in [-0.39, 0.29) is 11.9 Å². The van der Waals surface area contributed by atoms with Crippen molar-refractivity contribution >= 4 is 46.9 Å². The normalized spacial score (nSPS) is 14.7. The van der Waals surface area contributed by atoms with Crippen LogP contribution in [0.3, 0.4) is 0 Å². The maximum atomic E-state index is 12.6. The summed E-state index contributed by atoms with van der Waals surface area (Å²) in [6.07, 6.45) is 1.18. The van der Waals surface area contributed by atoms with Gasteiger partial charge in [-0.05, 0) is 61.4 Å². The molecule has 1 aliphatic heterocycles. The Morgan fingerprint density at radius 2 is 1.62 bits per heavy atom. The number of urea groups is 1. The molecule has 0 unspecified atom stereocenters. The van der Waals surface area contributed by atoms with E-state index in [1.54, 1.807) is 23.1 Å². The van der Waals surface area contributed by atoms with Crippen LogP contribution in [0.25, 0.3) is 6.08 Å². The molecule has 3 rings (SSSR count). The summed E-state index contributed by atoms with van der Waals surface area (Å²) in [4.78, 5) is 28.5. The molecule has 2 N–H and O–H groups in total. The first-order valence-corrected chi connectivity index (χ1v) is 12.7. The number of hydrogen-bond acceptors (Lipinski definition) is 3. The molecule has 6 nitrogen and oxygen atoms in total. The zero-order valence-corrected chi connectivity index (χ0v) is 21.7. The number of carbonyl (C=O) groups is 2. The van der Waals surface area contributed by atoms with Crippen molar-refractivity contribution in [2.24, 2.45) is 0 Å². The van der Waals surface area contributed by atoms with Crippen LogP contribution in [0.2, 0.25) is 10.0 Å². The number of rotatable bonds is 9. The molecule has 1 fully saturated rings. The Labute approximate surface area is 224 Å². The SMILES string of the molecule is O=C(/C=C/c1ccc(C(F)(F)F)cc1)NCCCCCN1CCN(C(=O)Nc2ccc(Cl)c(Cl)c2)CC1. The summed E-state index contributed by atoms with van der Waals surface area (Å²) in [6, 6.07) is 9.44. The van der Waals surface area contributed by atoms with E-state index in [0.29, 0.717) is 40.9 Å². The molecular formula is C26H29Cl2F3N4O2. The van der Waals surface area contributed by atoms with Crippen LogP contribution >= 0.6 is 23.2 Å². The summed E-state index contributed by atoms with van der Waals surface area (Å²) < 4.78 is 37.8. The van der Waals surface area contributed by atoms with Gasteiger partial charge in [-0.3, -0.25) is 9.69 Å². The third kappa shape index (κ3) is 9.57. The first-order chi connectivity index (χ1) is 17.6. The van der Waals surface area contributed by atoms with Crippen molar-refractivity contribution in [1.29, 1.82) is 0 Å². The van der Waals surface area contributed by atoms with Crippen molar-refractivity contribution in [3.05, 3.63) is 69.7 Å². The summed E-state index contributed by atoms with van der Waals surface area (Å²) in [7, 11) is 0. The number of carbonyl (C=O) groups excluding carboxylic acids is 2. The largest absolute Gasteiger partial charge is 0.416 e. The highest BCUT2D eigenvalue weighted by Gasteiger charge is 2.29. The van der Waals surface area contributed by atoms with Crippen molar-refractivity contribution in [2.45, 2.75) is 25.4 Å². The number of halogens is 5. The smallest absolute Gasteiger partial charge is 0.353 e. The van der Waals surface area contributed by atoms with Crippen LogP contribution < -0.4 is 10.6 Å². The molecule has 0 aromatic heterocycles. The van der Waals surface area contributed by atoms with Gasteiger partial charge < -0.3 is 15.5 Å². The van der Waals surface area contributed by atoms with Gasteiger partial charge in [0.25, 0.3) is 0 Å². The van der Waals surface area contributed by atoms with E-state index in [1.807, 2.05) is 0 Å². The minimum Gasteiger partial charge on any atom is -0.353 e. The average Bonchev–Trinajstić information content (AvgIpc) is 2.87. The lowest BCUT2D eigenvalue weighted by molar-refractivity contribution is -0.137. The summed E-state index contributed by atoms with van der Waals surface area (Å²) >= 11 is 11.9. The number of unbranched alkanes of at least 4 members (excludes halogenated alkanes) is 2. The monoisotopic (exact) mass is 556 g/mol. The highest BCUT2D eigenvalue weighted by Crippen LogP contribution is 2.29. The molecule has 0 saturated carbocycles. The lowest BCUT2D eigenvalue weighted by Crippen LogP contribution is -2.50. The van der Waals surface area contributed by atoms with E-state index in [2.05, 4.69) is 15.5 Å². The predicted molar refractivity (Wildman–Crippen MR) is 141 cm³/mol. The Morgan fingerprint density at radius 3 is 2.27 bits per heavy atom. The highest BCUT2D eigenvalue weighted by atomic mass is 35.5. The zero-order chi connectivity index (χ0) is 26.8. The molecule has 1 heterocycles. The number of nitrogens with zero attached hydrogens (tertiary/aromatic N) is 2. The lowest BCUT2D eigenvalue weighted by atomic mass is 10.1. The van der Waals surface area contributed by atoms with E-state index in [9.17, 15) is 22.8 Å². The standard InChI is InChI=1S/C26H29Cl2F3N4O2/c27-22-10-9-21(18-23(22)28)33-25(37)35-16-14-34(15-17-35)13-3-1-2-12-32-24(36)11-6-19-4-7-20(8-5-19)26(29,30)31/h4-11,18H,1-3,12-17H2,(H,32,36)(H,33,37)/b11-6+. The van der Waals surface area contributed by atoms with Crippen LogP contribution in [-0.4, -0.2) is 61.0 Å². The molecule has 11 heteroatoms. The minimum absolute atomic E-state index is 0.166. The zero-order valence-electron chi connectivity index (χ0n) is 20.2. The molecule has 0 bridgehead atoms. The Balaban J connectivity index is 1.25. The first-order valence-electron chi connectivity index (χ1n) is 12.0. The Morgan fingerprint density at radius 1 is 0.919 bits per heavy atom. The van der Waals surface area contributed by atoms with Crippen molar-refractivity contribution in [3.8, 4) is 0 Å². The molecule has 200 valence electrons. The van der Waals surface area contributed by atoms with E-state index >= 15 is 0 Å². The molecule has 2 aromatic carbocycles. The number of anilines is 1. The minimum atomic E-state index is -4.38. The van der Waals surface area contributed by atoms with E-state index in [4.69, 9.17) is 23.2 Å². The second-order valence-corrected chi connectivity index (χ2v) is 9.51. The van der Waals surface area contributed by atoms with Gasteiger partial charge >= 0.3 is 12.2 Å². The van der Waals surface area contributed by atoms with Crippen molar-refractivity contribution in [3.63, 3.8) is 0 Å². The van der Waals surface area contributed by atoms with Gasteiger partial charge in [0.05, 0.1) is 15.6 Å². The van der Waals surface area contributed by atoms with Crippen LogP contribution in [0.5, 0.6) is 0 Å². The molecule has 0 radical (unpaired) electrons. The topological polar surface area (TPSA) is 64.7 Å². The molecule has 1 saturated heterocycles. The second kappa shape index (κ2) is 13.7. The van der Waals surface area contributed by atoms with Crippen LogP contribution in [-0.2, 0) is 11.0 Å². The van der Waals surface area contributed by atoms with Gasteiger partial charge in [0.2, 0.25) is 5.91 Å². The van der Waals surface area contributed by atoms with Gasteiger partial charge in [-0.1, -0.05) is 41.8 Å². The van der Waals surface area contributed by atoms with E-state index in [0.717, 1.165) is 51.0 Å². The Hall–Kier alpha value is -2.75. The van der Waals surface area contributed by atoms with Gasteiger partial charge in [0.1, 0.15) is 0 Å². The molecule has 2 aromatic rings. The van der Waals surface area contributed by atoms with Gasteiger partial charge in [-0.15, -0.1) is 0 Å². The fourth-order valence-corrected chi connectivity index (χ4v) is 4.11. The number of nitrogens with one attached hydrogen (secondary N) is 2. The molecular weight excluding hydrogens is 528 g/mol. The maximum Gasteiger partial charge on any atom is 0.416 e. The summed E-state index contributed by atoms with van der Waals surface area (Å²) in [6.45, 7) is 4.30. The molecule has 3 amide bonds. The second-order valence-electron chi connectivity index (χ2n) is 8.69. The Kier molecular flexibility index (Phi) is 10.7.